The first-order valence-electron chi connectivity index (χ1n) is 10.7. The van der Waals surface area contributed by atoms with Gasteiger partial charge in [-0.3, -0.25) is 9.59 Å². The summed E-state index contributed by atoms with van der Waals surface area (Å²) in [5, 5.41) is 8.26. The number of aryl methyl sites for hydroxylation is 1. The SMILES string of the molecule is Cc1cccc(N2N=C(C(=O)Nc3cccc(S(=O)(=O)N4CCCCC4)c3)CCC2=O)c1. The highest BCUT2D eigenvalue weighted by atomic mass is 32.2. The smallest absolute Gasteiger partial charge is 0.271 e. The Morgan fingerprint density at radius 2 is 1.75 bits per heavy atom. The number of rotatable bonds is 5. The second-order valence-electron chi connectivity index (χ2n) is 8.04. The summed E-state index contributed by atoms with van der Waals surface area (Å²) in [6.07, 6.45) is 3.13. The van der Waals surface area contributed by atoms with Crippen molar-refractivity contribution in [1.82, 2.24) is 4.31 Å². The van der Waals surface area contributed by atoms with E-state index >= 15 is 0 Å². The molecule has 0 saturated carbocycles. The topological polar surface area (TPSA) is 99.2 Å². The highest BCUT2D eigenvalue weighted by Crippen LogP contribution is 2.24. The summed E-state index contributed by atoms with van der Waals surface area (Å²) in [6.45, 7) is 2.94. The molecule has 2 aromatic rings. The van der Waals surface area contributed by atoms with E-state index in [1.165, 1.54) is 21.4 Å². The average Bonchev–Trinajstić information content (AvgIpc) is 2.80. The van der Waals surface area contributed by atoms with E-state index < -0.39 is 15.9 Å². The fraction of sp³-hybridized carbons (Fsp3) is 0.348. The third-order valence-electron chi connectivity index (χ3n) is 5.59. The highest BCUT2D eigenvalue weighted by Gasteiger charge is 2.28. The summed E-state index contributed by atoms with van der Waals surface area (Å²) in [7, 11) is -3.60. The number of sulfonamides is 1. The maximum atomic E-state index is 12.9. The fourth-order valence-corrected chi connectivity index (χ4v) is 5.43. The summed E-state index contributed by atoms with van der Waals surface area (Å²) in [6, 6.07) is 13.6. The molecule has 0 spiro atoms. The Hall–Kier alpha value is -3.04. The van der Waals surface area contributed by atoms with E-state index in [9.17, 15) is 18.0 Å². The molecular weight excluding hydrogens is 428 g/mol. The van der Waals surface area contributed by atoms with Gasteiger partial charge in [-0.2, -0.15) is 9.41 Å². The molecule has 2 aliphatic heterocycles. The lowest BCUT2D eigenvalue weighted by Crippen LogP contribution is -2.36. The van der Waals surface area contributed by atoms with Crippen molar-refractivity contribution in [3.8, 4) is 0 Å². The third-order valence-corrected chi connectivity index (χ3v) is 7.48. The summed E-state index contributed by atoms with van der Waals surface area (Å²) in [4.78, 5) is 25.3. The second-order valence-corrected chi connectivity index (χ2v) is 9.98. The van der Waals surface area contributed by atoms with Crippen LogP contribution in [0.25, 0.3) is 0 Å². The van der Waals surface area contributed by atoms with Gasteiger partial charge < -0.3 is 5.32 Å². The van der Waals surface area contributed by atoms with Crippen molar-refractivity contribution in [3.05, 3.63) is 54.1 Å². The third kappa shape index (κ3) is 4.73. The number of hydrogen-bond acceptors (Lipinski definition) is 5. The molecule has 0 atom stereocenters. The van der Waals surface area contributed by atoms with Crippen molar-refractivity contribution in [3.63, 3.8) is 0 Å². The number of benzene rings is 2. The zero-order chi connectivity index (χ0) is 22.7. The molecule has 8 nitrogen and oxygen atoms in total. The molecule has 168 valence electrons. The molecule has 0 aliphatic carbocycles. The monoisotopic (exact) mass is 454 g/mol. The molecule has 2 heterocycles. The lowest BCUT2D eigenvalue weighted by molar-refractivity contribution is -0.118. The van der Waals surface area contributed by atoms with Crippen molar-refractivity contribution < 1.29 is 18.0 Å². The number of amides is 2. The normalized spacial score (nSPS) is 17.7. The van der Waals surface area contributed by atoms with Gasteiger partial charge in [0.15, 0.2) is 0 Å². The lowest BCUT2D eigenvalue weighted by Gasteiger charge is -2.26. The number of nitrogens with zero attached hydrogens (tertiary/aromatic N) is 3. The van der Waals surface area contributed by atoms with Gasteiger partial charge in [0.1, 0.15) is 5.71 Å². The Balaban J connectivity index is 1.53. The molecular formula is C23H26N4O4S. The first-order valence-corrected chi connectivity index (χ1v) is 12.2. The van der Waals surface area contributed by atoms with Crippen molar-refractivity contribution >= 4 is 38.9 Å². The van der Waals surface area contributed by atoms with Crippen LogP contribution in [-0.2, 0) is 19.6 Å². The molecule has 9 heteroatoms. The number of hydrazone groups is 1. The number of anilines is 2. The number of carbonyl (C=O) groups is 2. The van der Waals surface area contributed by atoms with Crippen molar-refractivity contribution in [2.24, 2.45) is 5.10 Å². The van der Waals surface area contributed by atoms with E-state index in [4.69, 9.17) is 0 Å². The van der Waals surface area contributed by atoms with Crippen LogP contribution >= 0.6 is 0 Å². The van der Waals surface area contributed by atoms with Crippen LogP contribution < -0.4 is 10.3 Å². The molecule has 0 radical (unpaired) electrons. The van der Waals surface area contributed by atoms with Crippen LogP contribution in [0.15, 0.2) is 58.5 Å². The van der Waals surface area contributed by atoms with Crippen LogP contribution in [-0.4, -0.2) is 43.3 Å². The number of hydrogen-bond donors (Lipinski definition) is 1. The maximum absolute atomic E-state index is 12.9. The minimum Gasteiger partial charge on any atom is -0.321 e. The second kappa shape index (κ2) is 9.22. The Morgan fingerprint density at radius 3 is 2.50 bits per heavy atom. The van der Waals surface area contributed by atoms with Gasteiger partial charge in [0.2, 0.25) is 15.9 Å². The molecule has 0 bridgehead atoms. The van der Waals surface area contributed by atoms with Gasteiger partial charge in [-0.25, -0.2) is 13.4 Å². The summed E-state index contributed by atoms with van der Waals surface area (Å²) >= 11 is 0. The van der Waals surface area contributed by atoms with Gasteiger partial charge in [-0.05, 0) is 55.7 Å². The zero-order valence-electron chi connectivity index (χ0n) is 18.0. The molecule has 2 amide bonds. The largest absolute Gasteiger partial charge is 0.321 e. The Morgan fingerprint density at radius 1 is 1.00 bits per heavy atom. The Kier molecular flexibility index (Phi) is 6.38. The van der Waals surface area contributed by atoms with Crippen LogP contribution in [0.3, 0.4) is 0 Å². The predicted molar refractivity (Wildman–Crippen MR) is 123 cm³/mol. The number of piperidine rings is 1. The van der Waals surface area contributed by atoms with Gasteiger partial charge in [0.25, 0.3) is 5.91 Å². The number of nitrogens with one attached hydrogen (secondary N) is 1. The summed E-state index contributed by atoms with van der Waals surface area (Å²) in [5.41, 5.74) is 2.17. The molecule has 0 aromatic heterocycles. The first-order chi connectivity index (χ1) is 15.3. The van der Waals surface area contributed by atoms with E-state index in [0.717, 1.165) is 24.8 Å². The molecule has 1 fully saturated rings. The average molecular weight is 455 g/mol. The molecule has 4 rings (SSSR count). The Labute approximate surface area is 188 Å². The summed E-state index contributed by atoms with van der Waals surface area (Å²) in [5.74, 6) is -0.635. The molecule has 1 saturated heterocycles. The van der Waals surface area contributed by atoms with E-state index in [1.807, 2.05) is 25.1 Å². The van der Waals surface area contributed by atoms with Crippen molar-refractivity contribution in [2.75, 3.05) is 23.4 Å². The standard InChI is InChI=1S/C23H26N4O4S/c1-17-7-5-9-19(15-17)27-22(28)12-11-21(25-27)23(29)24-18-8-6-10-20(16-18)32(30,31)26-13-3-2-4-14-26/h5-10,15-16H,2-4,11-14H2,1H3,(H,24,29). The van der Waals surface area contributed by atoms with E-state index in [-0.39, 0.29) is 29.4 Å². The maximum Gasteiger partial charge on any atom is 0.271 e. The van der Waals surface area contributed by atoms with E-state index in [2.05, 4.69) is 10.4 Å². The fourth-order valence-electron chi connectivity index (χ4n) is 3.87. The van der Waals surface area contributed by atoms with Crippen molar-refractivity contribution in [2.45, 2.75) is 43.9 Å². The van der Waals surface area contributed by atoms with Crippen LogP contribution in [0.1, 0.15) is 37.7 Å². The quantitative estimate of drug-likeness (QED) is 0.749. The zero-order valence-corrected chi connectivity index (χ0v) is 18.8. The summed E-state index contributed by atoms with van der Waals surface area (Å²) < 4.78 is 27.4. The van der Waals surface area contributed by atoms with Gasteiger partial charge in [-0.15, -0.1) is 0 Å². The number of carbonyl (C=O) groups excluding carboxylic acids is 2. The van der Waals surface area contributed by atoms with E-state index in [0.29, 0.717) is 24.5 Å². The lowest BCUT2D eigenvalue weighted by atomic mass is 10.1. The van der Waals surface area contributed by atoms with Crippen LogP contribution in [0.2, 0.25) is 0 Å². The van der Waals surface area contributed by atoms with Gasteiger partial charge in [0, 0.05) is 31.6 Å². The first kappa shape index (κ1) is 22.2. The van der Waals surface area contributed by atoms with Gasteiger partial charge in [0.05, 0.1) is 10.6 Å². The minimum absolute atomic E-state index is 0.152. The molecule has 32 heavy (non-hydrogen) atoms. The van der Waals surface area contributed by atoms with Crippen LogP contribution in [0, 0.1) is 6.92 Å². The van der Waals surface area contributed by atoms with E-state index in [1.54, 1.807) is 18.2 Å². The van der Waals surface area contributed by atoms with Gasteiger partial charge in [-0.1, -0.05) is 24.6 Å². The van der Waals surface area contributed by atoms with Crippen LogP contribution in [0.5, 0.6) is 0 Å². The van der Waals surface area contributed by atoms with Crippen LogP contribution in [0.4, 0.5) is 11.4 Å². The van der Waals surface area contributed by atoms with Crippen molar-refractivity contribution in [1.29, 1.82) is 0 Å². The Bertz CT molecular complexity index is 1170. The molecule has 2 aromatic carbocycles. The predicted octanol–water partition coefficient (Wildman–Crippen LogP) is 3.29. The molecule has 1 N–H and O–H groups in total. The highest BCUT2D eigenvalue weighted by molar-refractivity contribution is 7.89. The molecule has 0 unspecified atom stereocenters. The minimum atomic E-state index is -3.60. The molecule has 2 aliphatic rings. The van der Waals surface area contributed by atoms with Gasteiger partial charge >= 0.3 is 0 Å².